The van der Waals surface area contributed by atoms with Crippen LogP contribution in [0.1, 0.15) is 70.4 Å². The van der Waals surface area contributed by atoms with Crippen LogP contribution in [0.2, 0.25) is 0 Å². The van der Waals surface area contributed by atoms with E-state index in [4.69, 9.17) is 0 Å². The number of anilines is 1. The van der Waals surface area contributed by atoms with Crippen LogP contribution in [0.4, 0.5) is 5.13 Å². The number of amides is 2. The van der Waals surface area contributed by atoms with E-state index in [9.17, 15) is 9.59 Å². The molecule has 1 aliphatic heterocycles. The van der Waals surface area contributed by atoms with Crippen molar-refractivity contribution in [2.45, 2.75) is 71.3 Å². The average molecular weight is 445 g/mol. The van der Waals surface area contributed by atoms with E-state index >= 15 is 0 Å². The van der Waals surface area contributed by atoms with E-state index in [0.29, 0.717) is 11.6 Å². The van der Waals surface area contributed by atoms with E-state index in [1.54, 1.807) is 0 Å². The Labute approximate surface area is 189 Å². The van der Waals surface area contributed by atoms with E-state index in [2.05, 4.69) is 27.4 Å². The molecular formula is C24H36N4O2S. The van der Waals surface area contributed by atoms with Crippen molar-refractivity contribution in [2.75, 3.05) is 25.0 Å². The fraction of sp³-hybridized carbons (Fsp3) is 0.792. The molecule has 0 aromatic carbocycles. The number of likely N-dealkylation sites (tertiary alicyclic amines) is 1. The molecule has 5 aliphatic rings. The third-order valence-corrected chi connectivity index (χ3v) is 8.88. The van der Waals surface area contributed by atoms with Crippen molar-refractivity contribution in [2.24, 2.45) is 29.1 Å². The summed E-state index contributed by atoms with van der Waals surface area (Å²) in [4.78, 5) is 32.0. The van der Waals surface area contributed by atoms with Gasteiger partial charge in [0.05, 0.1) is 12.2 Å². The van der Waals surface area contributed by atoms with Gasteiger partial charge in [-0.15, -0.1) is 11.3 Å². The molecule has 5 fully saturated rings. The monoisotopic (exact) mass is 444 g/mol. The molecule has 1 saturated heterocycles. The standard InChI is InChI=1S/C24H36N4O2S/c1-16-3-2-4-28(13-16)14-20-15-31-23(26-20)27-22(30)12-25-21(29)11-24-8-17-5-18(9-24)7-19(6-17)10-24/h15-19H,2-14H2,1H3,(H,25,29)(H,26,27,30). The molecule has 4 bridgehead atoms. The maximum absolute atomic E-state index is 12.6. The summed E-state index contributed by atoms with van der Waals surface area (Å²) in [5.74, 6) is 3.12. The normalized spacial score (nSPS) is 34.6. The topological polar surface area (TPSA) is 74.3 Å². The molecule has 2 N–H and O–H groups in total. The molecule has 1 aromatic rings. The van der Waals surface area contributed by atoms with Gasteiger partial charge < -0.3 is 10.6 Å². The van der Waals surface area contributed by atoms with Crippen molar-refractivity contribution >= 4 is 28.3 Å². The smallest absolute Gasteiger partial charge is 0.245 e. The molecule has 6 rings (SSSR count). The first-order valence-electron chi connectivity index (χ1n) is 12.2. The number of hydrogen-bond acceptors (Lipinski definition) is 5. The summed E-state index contributed by atoms with van der Waals surface area (Å²) < 4.78 is 0. The molecule has 1 atom stereocenters. The van der Waals surface area contributed by atoms with E-state index in [-0.39, 0.29) is 23.8 Å². The predicted molar refractivity (Wildman–Crippen MR) is 123 cm³/mol. The van der Waals surface area contributed by atoms with E-state index < -0.39 is 0 Å². The summed E-state index contributed by atoms with van der Waals surface area (Å²) in [7, 11) is 0. The van der Waals surface area contributed by atoms with E-state index in [1.807, 2.05) is 5.38 Å². The molecule has 0 radical (unpaired) electrons. The third kappa shape index (κ3) is 5.14. The average Bonchev–Trinajstić information content (AvgIpc) is 3.11. The number of thiazole rings is 1. The largest absolute Gasteiger partial charge is 0.347 e. The predicted octanol–water partition coefficient (Wildman–Crippen LogP) is 4.04. The zero-order valence-corrected chi connectivity index (χ0v) is 19.5. The maximum atomic E-state index is 12.6. The second-order valence-electron chi connectivity index (χ2n) is 11.0. The van der Waals surface area contributed by atoms with Crippen molar-refractivity contribution in [3.05, 3.63) is 11.1 Å². The van der Waals surface area contributed by atoms with Crippen LogP contribution in [0.25, 0.3) is 0 Å². The number of nitrogens with zero attached hydrogens (tertiary/aromatic N) is 2. The van der Waals surface area contributed by atoms with Gasteiger partial charge in [0.2, 0.25) is 11.8 Å². The molecule has 2 heterocycles. The van der Waals surface area contributed by atoms with E-state index in [0.717, 1.165) is 49.0 Å². The molecule has 4 aliphatic carbocycles. The van der Waals surface area contributed by atoms with Crippen LogP contribution in [0.15, 0.2) is 5.38 Å². The van der Waals surface area contributed by atoms with Crippen LogP contribution >= 0.6 is 11.3 Å². The van der Waals surface area contributed by atoms with Crippen LogP contribution in [0, 0.1) is 29.1 Å². The van der Waals surface area contributed by atoms with Gasteiger partial charge in [-0.3, -0.25) is 14.5 Å². The summed E-state index contributed by atoms with van der Waals surface area (Å²) in [6.07, 6.45) is 11.0. The Bertz CT molecular complexity index is 787. The van der Waals surface area contributed by atoms with Crippen LogP contribution in [-0.2, 0) is 16.1 Å². The zero-order chi connectivity index (χ0) is 21.4. The lowest BCUT2D eigenvalue weighted by Crippen LogP contribution is -2.48. The van der Waals surface area contributed by atoms with Gasteiger partial charge in [0, 0.05) is 24.9 Å². The van der Waals surface area contributed by atoms with Gasteiger partial charge in [-0.1, -0.05) is 6.92 Å². The van der Waals surface area contributed by atoms with Gasteiger partial charge in [0.15, 0.2) is 5.13 Å². The molecule has 0 spiro atoms. The number of hydrogen-bond donors (Lipinski definition) is 2. The number of rotatable bonds is 7. The Morgan fingerprint density at radius 2 is 1.87 bits per heavy atom. The van der Waals surface area contributed by atoms with Crippen LogP contribution < -0.4 is 10.6 Å². The van der Waals surface area contributed by atoms with Crippen molar-refractivity contribution < 1.29 is 9.59 Å². The van der Waals surface area contributed by atoms with Crippen LogP contribution in [0.5, 0.6) is 0 Å². The zero-order valence-electron chi connectivity index (χ0n) is 18.7. The fourth-order valence-electron chi connectivity index (χ4n) is 7.35. The Balaban J connectivity index is 1.06. The van der Waals surface area contributed by atoms with Gasteiger partial charge in [0.25, 0.3) is 0 Å². The third-order valence-electron chi connectivity index (χ3n) is 8.07. The van der Waals surface area contributed by atoms with Gasteiger partial charge >= 0.3 is 0 Å². The number of piperidine rings is 1. The fourth-order valence-corrected chi connectivity index (χ4v) is 8.07. The SMILES string of the molecule is CC1CCCN(Cc2csc(NC(=O)CNC(=O)CC34CC5CC(CC(C5)C3)C4)n2)C1. The Morgan fingerprint density at radius 1 is 1.16 bits per heavy atom. The maximum Gasteiger partial charge on any atom is 0.245 e. The summed E-state index contributed by atoms with van der Waals surface area (Å²) in [6.45, 7) is 5.42. The number of carbonyl (C=O) groups excluding carboxylic acids is 2. The van der Waals surface area contributed by atoms with Crippen molar-refractivity contribution in [3.8, 4) is 0 Å². The van der Waals surface area contributed by atoms with Gasteiger partial charge in [-0.25, -0.2) is 4.98 Å². The Morgan fingerprint density at radius 3 is 2.55 bits per heavy atom. The van der Waals surface area contributed by atoms with E-state index in [1.165, 1.54) is 62.7 Å². The molecule has 6 nitrogen and oxygen atoms in total. The highest BCUT2D eigenvalue weighted by atomic mass is 32.1. The highest BCUT2D eigenvalue weighted by Gasteiger charge is 2.51. The highest BCUT2D eigenvalue weighted by molar-refractivity contribution is 7.13. The van der Waals surface area contributed by atoms with Crippen LogP contribution in [-0.4, -0.2) is 41.3 Å². The lowest BCUT2D eigenvalue weighted by molar-refractivity contribution is -0.131. The quantitative estimate of drug-likeness (QED) is 0.666. The Hall–Kier alpha value is -1.47. The lowest BCUT2D eigenvalue weighted by atomic mass is 9.49. The van der Waals surface area contributed by atoms with Gasteiger partial charge in [0.1, 0.15) is 0 Å². The molecule has 7 heteroatoms. The van der Waals surface area contributed by atoms with Crippen LogP contribution in [0.3, 0.4) is 0 Å². The molecule has 4 saturated carbocycles. The van der Waals surface area contributed by atoms with Crippen molar-refractivity contribution in [3.63, 3.8) is 0 Å². The minimum absolute atomic E-state index is 0.0315. The summed E-state index contributed by atoms with van der Waals surface area (Å²) in [5.41, 5.74) is 1.23. The van der Waals surface area contributed by atoms with Gasteiger partial charge in [-0.2, -0.15) is 0 Å². The minimum Gasteiger partial charge on any atom is -0.347 e. The first-order chi connectivity index (χ1) is 14.9. The first-order valence-corrected chi connectivity index (χ1v) is 13.1. The number of carbonyl (C=O) groups is 2. The summed E-state index contributed by atoms with van der Waals surface area (Å²) in [5, 5.41) is 8.38. The Kier molecular flexibility index (Phi) is 6.08. The first kappa shape index (κ1) is 21.4. The number of nitrogens with one attached hydrogen (secondary N) is 2. The molecule has 170 valence electrons. The second kappa shape index (κ2) is 8.81. The van der Waals surface area contributed by atoms with Crippen molar-refractivity contribution in [1.29, 1.82) is 0 Å². The molecule has 31 heavy (non-hydrogen) atoms. The minimum atomic E-state index is -0.189. The summed E-state index contributed by atoms with van der Waals surface area (Å²) >= 11 is 1.46. The van der Waals surface area contributed by atoms with Crippen molar-refractivity contribution in [1.82, 2.24) is 15.2 Å². The molecule has 2 amide bonds. The number of aromatic nitrogens is 1. The second-order valence-corrected chi connectivity index (χ2v) is 11.9. The lowest BCUT2D eigenvalue weighted by Gasteiger charge is -2.56. The molecule has 1 aromatic heterocycles. The van der Waals surface area contributed by atoms with Gasteiger partial charge in [-0.05, 0) is 87.0 Å². The highest BCUT2D eigenvalue weighted by Crippen LogP contribution is 2.61. The molecule has 1 unspecified atom stereocenters. The summed E-state index contributed by atoms with van der Waals surface area (Å²) in [6, 6.07) is 0. The molecular weight excluding hydrogens is 408 g/mol.